The summed E-state index contributed by atoms with van der Waals surface area (Å²) in [5.74, 6) is -1.59. The number of rotatable bonds is 3. The summed E-state index contributed by atoms with van der Waals surface area (Å²) in [6.07, 6.45) is 1.40. The fourth-order valence-electron chi connectivity index (χ4n) is 2.45. The molecule has 1 atom stereocenters. The summed E-state index contributed by atoms with van der Waals surface area (Å²) in [6.45, 7) is 2.88. The molecule has 1 aliphatic heterocycles. The minimum Gasteiger partial charge on any atom is -0.466 e. The topological polar surface area (TPSA) is 46.6 Å². The van der Waals surface area contributed by atoms with Crippen LogP contribution >= 0.6 is 11.6 Å². The van der Waals surface area contributed by atoms with Crippen molar-refractivity contribution >= 4 is 23.5 Å². The first kappa shape index (κ1) is 15.8. The van der Waals surface area contributed by atoms with E-state index < -0.39 is 5.82 Å². The van der Waals surface area contributed by atoms with E-state index in [1.165, 1.54) is 23.1 Å². The normalized spacial score (nSPS) is 18.4. The third-order valence-corrected chi connectivity index (χ3v) is 3.89. The number of esters is 1. The molecule has 0 N–H and O–H groups in total. The van der Waals surface area contributed by atoms with E-state index in [2.05, 4.69) is 0 Å². The van der Waals surface area contributed by atoms with Gasteiger partial charge < -0.3 is 9.64 Å². The molecule has 2 rings (SSSR count). The number of benzene rings is 1. The van der Waals surface area contributed by atoms with E-state index in [-0.39, 0.29) is 34.9 Å². The second-order valence-electron chi connectivity index (χ2n) is 4.94. The van der Waals surface area contributed by atoms with Crippen molar-refractivity contribution in [2.45, 2.75) is 19.8 Å². The predicted octanol–water partition coefficient (Wildman–Crippen LogP) is 2.89. The highest BCUT2D eigenvalue weighted by molar-refractivity contribution is 6.34. The second-order valence-corrected chi connectivity index (χ2v) is 5.32. The van der Waals surface area contributed by atoms with Crippen LogP contribution in [0.5, 0.6) is 0 Å². The molecule has 1 saturated heterocycles. The first-order chi connectivity index (χ1) is 10.0. The molecule has 1 aliphatic rings. The summed E-state index contributed by atoms with van der Waals surface area (Å²) in [5.41, 5.74) is 0.126. The minimum absolute atomic E-state index is 0.126. The number of hydrogen-bond acceptors (Lipinski definition) is 3. The van der Waals surface area contributed by atoms with Crippen LogP contribution in [0.15, 0.2) is 18.2 Å². The maximum absolute atomic E-state index is 13.4. The van der Waals surface area contributed by atoms with E-state index in [0.717, 1.165) is 0 Å². The average Bonchev–Trinajstić information content (AvgIpc) is 2.50. The third kappa shape index (κ3) is 3.53. The molecule has 0 radical (unpaired) electrons. The SMILES string of the molecule is CCOC(=O)[C@@H]1CCCN(C(=O)c2cccc(F)c2Cl)C1. The van der Waals surface area contributed by atoms with Crippen LogP contribution in [0.25, 0.3) is 0 Å². The molecule has 4 nitrogen and oxygen atoms in total. The maximum Gasteiger partial charge on any atom is 0.310 e. The van der Waals surface area contributed by atoms with E-state index in [4.69, 9.17) is 16.3 Å². The monoisotopic (exact) mass is 313 g/mol. The summed E-state index contributed by atoms with van der Waals surface area (Å²) >= 11 is 5.84. The van der Waals surface area contributed by atoms with Crippen molar-refractivity contribution < 1.29 is 18.7 Å². The van der Waals surface area contributed by atoms with Gasteiger partial charge in [0.05, 0.1) is 23.1 Å². The Morgan fingerprint density at radius 1 is 1.48 bits per heavy atom. The molecule has 1 aromatic rings. The van der Waals surface area contributed by atoms with Crippen molar-refractivity contribution in [3.05, 3.63) is 34.6 Å². The molecule has 0 saturated carbocycles. The van der Waals surface area contributed by atoms with Gasteiger partial charge in [-0.05, 0) is 31.9 Å². The molecule has 1 amide bonds. The van der Waals surface area contributed by atoms with Crippen LogP contribution in [0.2, 0.25) is 5.02 Å². The highest BCUT2D eigenvalue weighted by Gasteiger charge is 2.30. The second kappa shape index (κ2) is 6.89. The number of carbonyl (C=O) groups is 2. The van der Waals surface area contributed by atoms with Crippen molar-refractivity contribution in [3.8, 4) is 0 Å². The average molecular weight is 314 g/mol. The van der Waals surface area contributed by atoms with Gasteiger partial charge in [0.25, 0.3) is 5.91 Å². The number of amides is 1. The molecule has 0 bridgehead atoms. The lowest BCUT2D eigenvalue weighted by Gasteiger charge is -2.31. The van der Waals surface area contributed by atoms with E-state index in [1.54, 1.807) is 6.92 Å². The number of piperidine rings is 1. The van der Waals surface area contributed by atoms with E-state index in [9.17, 15) is 14.0 Å². The number of likely N-dealkylation sites (tertiary alicyclic amines) is 1. The smallest absolute Gasteiger partial charge is 0.310 e. The van der Waals surface area contributed by atoms with Crippen LogP contribution in [0.3, 0.4) is 0 Å². The van der Waals surface area contributed by atoms with Gasteiger partial charge >= 0.3 is 5.97 Å². The van der Waals surface area contributed by atoms with Crippen LogP contribution in [0.1, 0.15) is 30.1 Å². The Morgan fingerprint density at radius 2 is 2.24 bits per heavy atom. The van der Waals surface area contributed by atoms with Crippen LogP contribution < -0.4 is 0 Å². The number of nitrogens with zero attached hydrogens (tertiary/aromatic N) is 1. The van der Waals surface area contributed by atoms with Gasteiger partial charge in [-0.3, -0.25) is 9.59 Å². The molecule has 1 aromatic carbocycles. The number of ether oxygens (including phenoxy) is 1. The number of halogens is 2. The molecule has 0 aromatic heterocycles. The summed E-state index contributed by atoms with van der Waals surface area (Å²) in [5, 5.41) is -0.180. The maximum atomic E-state index is 13.4. The summed E-state index contributed by atoms with van der Waals surface area (Å²) in [7, 11) is 0. The molecule has 1 heterocycles. The van der Waals surface area contributed by atoms with E-state index in [0.29, 0.717) is 26.0 Å². The van der Waals surface area contributed by atoms with E-state index >= 15 is 0 Å². The molecular weight excluding hydrogens is 297 g/mol. The van der Waals surface area contributed by atoms with Gasteiger partial charge in [0.2, 0.25) is 0 Å². The first-order valence-electron chi connectivity index (χ1n) is 6.94. The molecule has 1 fully saturated rings. The van der Waals surface area contributed by atoms with Crippen LogP contribution in [-0.2, 0) is 9.53 Å². The zero-order valence-electron chi connectivity index (χ0n) is 11.8. The predicted molar refractivity (Wildman–Crippen MR) is 76.7 cm³/mol. The fraction of sp³-hybridized carbons (Fsp3) is 0.467. The fourth-order valence-corrected chi connectivity index (χ4v) is 2.66. The lowest BCUT2D eigenvalue weighted by Crippen LogP contribution is -2.43. The van der Waals surface area contributed by atoms with Crippen LogP contribution in [-0.4, -0.2) is 36.5 Å². The Labute approximate surface area is 127 Å². The van der Waals surface area contributed by atoms with Gasteiger partial charge in [0.1, 0.15) is 5.82 Å². The molecule has 21 heavy (non-hydrogen) atoms. The Balaban J connectivity index is 2.12. The molecule has 0 unspecified atom stereocenters. The van der Waals surface area contributed by atoms with E-state index in [1.807, 2.05) is 0 Å². The Hall–Kier alpha value is -1.62. The largest absolute Gasteiger partial charge is 0.466 e. The summed E-state index contributed by atoms with van der Waals surface area (Å²) < 4.78 is 18.4. The van der Waals surface area contributed by atoms with Crippen LogP contribution in [0.4, 0.5) is 4.39 Å². The van der Waals surface area contributed by atoms with Gasteiger partial charge in [0, 0.05) is 13.1 Å². The molecule has 0 aliphatic carbocycles. The van der Waals surface area contributed by atoms with Gasteiger partial charge in [-0.15, -0.1) is 0 Å². The highest BCUT2D eigenvalue weighted by Crippen LogP contribution is 2.24. The first-order valence-corrected chi connectivity index (χ1v) is 7.32. The van der Waals surface area contributed by atoms with Crippen molar-refractivity contribution in [1.29, 1.82) is 0 Å². The highest BCUT2D eigenvalue weighted by atomic mass is 35.5. The quantitative estimate of drug-likeness (QED) is 0.806. The molecule has 114 valence electrons. The molecule has 6 heteroatoms. The Morgan fingerprint density at radius 3 is 2.95 bits per heavy atom. The Kier molecular flexibility index (Phi) is 5.17. The van der Waals surface area contributed by atoms with Crippen molar-refractivity contribution in [1.82, 2.24) is 4.90 Å². The minimum atomic E-state index is -0.624. The van der Waals surface area contributed by atoms with Gasteiger partial charge in [-0.25, -0.2) is 4.39 Å². The molecular formula is C15H17ClFNO3. The lowest BCUT2D eigenvalue weighted by molar-refractivity contribution is -0.149. The standard InChI is InChI=1S/C15H17ClFNO3/c1-2-21-15(20)10-5-4-8-18(9-10)14(19)11-6-3-7-12(17)13(11)16/h3,6-7,10H,2,4-5,8-9H2,1H3/t10-/m1/s1. The van der Waals surface area contributed by atoms with Crippen molar-refractivity contribution in [3.63, 3.8) is 0 Å². The van der Waals surface area contributed by atoms with Gasteiger partial charge in [0.15, 0.2) is 0 Å². The Bertz CT molecular complexity index is 550. The lowest BCUT2D eigenvalue weighted by atomic mass is 9.97. The van der Waals surface area contributed by atoms with Gasteiger partial charge in [-0.1, -0.05) is 17.7 Å². The van der Waals surface area contributed by atoms with Crippen LogP contribution in [0, 0.1) is 11.7 Å². The number of hydrogen-bond donors (Lipinski definition) is 0. The molecule has 0 spiro atoms. The number of carbonyl (C=O) groups excluding carboxylic acids is 2. The third-order valence-electron chi connectivity index (χ3n) is 3.51. The zero-order valence-corrected chi connectivity index (χ0v) is 12.5. The van der Waals surface area contributed by atoms with Gasteiger partial charge in [-0.2, -0.15) is 0 Å². The summed E-state index contributed by atoms with van der Waals surface area (Å²) in [4.78, 5) is 25.7. The zero-order chi connectivity index (χ0) is 15.4. The van der Waals surface area contributed by atoms with Crippen molar-refractivity contribution in [2.75, 3.05) is 19.7 Å². The summed E-state index contributed by atoms with van der Waals surface area (Å²) in [6, 6.07) is 4.14. The van der Waals surface area contributed by atoms with Crippen molar-refractivity contribution in [2.24, 2.45) is 5.92 Å².